The van der Waals surface area contributed by atoms with E-state index in [1.807, 2.05) is 0 Å². The lowest BCUT2D eigenvalue weighted by Gasteiger charge is -1.91. The lowest BCUT2D eigenvalue weighted by molar-refractivity contribution is 0.117. The van der Waals surface area contributed by atoms with Crippen LogP contribution in [0.4, 0.5) is 4.70 Å². The summed E-state index contributed by atoms with van der Waals surface area (Å²) >= 11 is 0. The van der Waals surface area contributed by atoms with Gasteiger partial charge < -0.3 is 31.5 Å². The molecule has 6 nitrogen and oxygen atoms in total. The van der Waals surface area contributed by atoms with Crippen LogP contribution in [-0.2, 0) is 0 Å². The van der Waals surface area contributed by atoms with Crippen LogP contribution in [0.1, 0.15) is 0 Å². The molecule has 0 radical (unpaired) electrons. The molecular formula is H11FN2O4Si. The van der Waals surface area contributed by atoms with E-state index in [0.717, 1.165) is 0 Å². The normalized spacial score (nSPS) is 7.50. The number of halogens is 1. The Balaban J connectivity index is -0.0000000267. The highest BCUT2D eigenvalue weighted by Crippen LogP contribution is 1.67. The minimum Gasteiger partial charge on any atom is -0.368 e. The van der Waals surface area contributed by atoms with Crippen molar-refractivity contribution in [2.75, 3.05) is 0 Å². The number of hydrogen-bond donors (Lipinski definition) is 6. The fourth-order valence-corrected chi connectivity index (χ4v) is 0. The maximum Gasteiger partial charge on any atom is 0.668 e. The Labute approximate surface area is 46.4 Å². The lowest BCUT2D eigenvalue weighted by atomic mass is 14.0. The van der Waals surface area contributed by atoms with Crippen LogP contribution in [-0.4, -0.2) is 28.2 Å². The molecule has 0 aromatic rings. The van der Waals surface area contributed by atoms with E-state index < -0.39 is 9.05 Å². The summed E-state index contributed by atoms with van der Waals surface area (Å²) in [6, 6.07) is 0. The van der Waals surface area contributed by atoms with Crippen LogP contribution in [0.2, 0.25) is 0 Å². The fourth-order valence-electron chi connectivity index (χ4n) is 0. The number of hydrogen-bond acceptors (Lipinski definition) is 6. The van der Waals surface area contributed by atoms with Crippen molar-refractivity contribution in [3.8, 4) is 0 Å². The second kappa shape index (κ2) is 6.91. The van der Waals surface area contributed by atoms with Gasteiger partial charge in [0.2, 0.25) is 0 Å². The summed E-state index contributed by atoms with van der Waals surface area (Å²) in [5, 5.41) is 0. The molecule has 0 rings (SSSR count). The first-order valence-corrected chi connectivity index (χ1v) is 2.68. The third kappa shape index (κ3) is 16400. The van der Waals surface area contributed by atoms with Gasteiger partial charge in [-0.25, -0.2) is 0 Å². The van der Waals surface area contributed by atoms with Crippen molar-refractivity contribution < 1.29 is 23.9 Å². The SMILES string of the molecule is F.N.N.O[Si](O)(O)O. The average Bonchev–Trinajstić information content (AvgIpc) is 0.722. The molecule has 56 valence electrons. The van der Waals surface area contributed by atoms with Crippen LogP contribution in [0.25, 0.3) is 0 Å². The highest BCUT2D eigenvalue weighted by atomic mass is 28.4. The highest BCUT2D eigenvalue weighted by molar-refractivity contribution is 6.46. The summed E-state index contributed by atoms with van der Waals surface area (Å²) < 4.78 is 0. The second-order valence-electron chi connectivity index (χ2n) is 0.600. The van der Waals surface area contributed by atoms with Gasteiger partial charge in [-0.15, -0.1) is 0 Å². The van der Waals surface area contributed by atoms with Gasteiger partial charge in [0.15, 0.2) is 0 Å². The summed E-state index contributed by atoms with van der Waals surface area (Å²) in [6.45, 7) is 0. The van der Waals surface area contributed by atoms with Gasteiger partial charge >= 0.3 is 9.05 Å². The summed E-state index contributed by atoms with van der Waals surface area (Å²) in [5.41, 5.74) is 0. The van der Waals surface area contributed by atoms with Crippen molar-refractivity contribution in [2.24, 2.45) is 0 Å². The van der Waals surface area contributed by atoms with Gasteiger partial charge in [-0.2, -0.15) is 0 Å². The summed E-state index contributed by atoms with van der Waals surface area (Å²) in [5.74, 6) is 0. The Morgan fingerprint density at radius 2 is 0.750 bits per heavy atom. The molecule has 0 amide bonds. The first kappa shape index (κ1) is 24.7. The van der Waals surface area contributed by atoms with E-state index in [-0.39, 0.29) is 17.0 Å². The third-order valence-electron chi connectivity index (χ3n) is 0. The molecule has 0 aromatic carbocycles. The fraction of sp³-hybridized carbons (Fsp3) is 0. The summed E-state index contributed by atoms with van der Waals surface area (Å²) in [7, 11) is -4.61. The van der Waals surface area contributed by atoms with Crippen molar-refractivity contribution >= 4 is 9.05 Å². The van der Waals surface area contributed by atoms with Gasteiger partial charge in [0.25, 0.3) is 0 Å². The zero-order chi connectivity index (χ0) is 4.50. The third-order valence-corrected chi connectivity index (χ3v) is 0. The van der Waals surface area contributed by atoms with Gasteiger partial charge in [0.05, 0.1) is 0 Å². The van der Waals surface area contributed by atoms with Crippen LogP contribution in [0.15, 0.2) is 0 Å². The van der Waals surface area contributed by atoms with E-state index in [1.165, 1.54) is 0 Å². The molecule has 0 aliphatic rings. The van der Waals surface area contributed by atoms with E-state index in [2.05, 4.69) is 0 Å². The topological polar surface area (TPSA) is 151 Å². The molecule has 0 aliphatic heterocycles. The van der Waals surface area contributed by atoms with Crippen LogP contribution in [0.5, 0.6) is 0 Å². The van der Waals surface area contributed by atoms with Crippen LogP contribution in [0.3, 0.4) is 0 Å². The molecule has 0 saturated carbocycles. The molecule has 8 heavy (non-hydrogen) atoms. The lowest BCUT2D eigenvalue weighted by Crippen LogP contribution is -2.33. The highest BCUT2D eigenvalue weighted by Gasteiger charge is 2.22. The predicted octanol–water partition coefficient (Wildman–Crippen LogP) is -2.13. The molecule has 0 saturated heterocycles. The number of rotatable bonds is 0. The molecule has 0 atom stereocenters. The zero-order valence-corrected chi connectivity index (χ0v) is 5.11. The van der Waals surface area contributed by atoms with Gasteiger partial charge in [-0.1, -0.05) is 0 Å². The molecule has 0 aliphatic carbocycles. The van der Waals surface area contributed by atoms with Gasteiger partial charge in [0.1, 0.15) is 0 Å². The Hall–Kier alpha value is -0.0931. The molecular weight excluding hydrogens is 139 g/mol. The van der Waals surface area contributed by atoms with Crippen molar-refractivity contribution in [1.82, 2.24) is 12.3 Å². The maximum atomic E-state index is 7.33. The quantitative estimate of drug-likeness (QED) is 0.217. The Bertz CT molecular complexity index is 29.5. The Morgan fingerprint density at radius 3 is 0.750 bits per heavy atom. The van der Waals surface area contributed by atoms with E-state index in [1.54, 1.807) is 0 Å². The molecule has 0 heterocycles. The average molecular weight is 150 g/mol. The van der Waals surface area contributed by atoms with Crippen molar-refractivity contribution in [1.29, 1.82) is 0 Å². The van der Waals surface area contributed by atoms with Crippen LogP contribution >= 0.6 is 0 Å². The van der Waals surface area contributed by atoms with Gasteiger partial charge in [0, 0.05) is 0 Å². The molecule has 10 N–H and O–H groups in total. The van der Waals surface area contributed by atoms with E-state index in [4.69, 9.17) is 19.2 Å². The maximum absolute atomic E-state index is 7.33. The van der Waals surface area contributed by atoms with Crippen LogP contribution in [0, 0.1) is 0 Å². The van der Waals surface area contributed by atoms with Gasteiger partial charge in [-0.05, 0) is 0 Å². The molecule has 8 heteroatoms. The molecule has 0 spiro atoms. The van der Waals surface area contributed by atoms with Crippen molar-refractivity contribution in [3.63, 3.8) is 0 Å². The van der Waals surface area contributed by atoms with E-state index in [0.29, 0.717) is 0 Å². The van der Waals surface area contributed by atoms with Gasteiger partial charge in [-0.3, -0.25) is 4.70 Å². The first-order chi connectivity index (χ1) is 2.00. The summed E-state index contributed by atoms with van der Waals surface area (Å²) in [6.07, 6.45) is 0. The largest absolute Gasteiger partial charge is 0.668 e. The minimum absolute atomic E-state index is 0. The van der Waals surface area contributed by atoms with E-state index >= 15 is 0 Å². The van der Waals surface area contributed by atoms with E-state index in [9.17, 15) is 0 Å². The Morgan fingerprint density at radius 1 is 0.750 bits per heavy atom. The minimum atomic E-state index is -4.61. The summed E-state index contributed by atoms with van der Waals surface area (Å²) in [4.78, 5) is 29.3. The molecule has 0 aromatic heterocycles. The molecule has 0 unspecified atom stereocenters. The standard InChI is InChI=1S/FH.2H3N.H4O4Si/c;;;1-5(2,3)4/h1H;2*1H3;1-4H. The molecule has 0 bridgehead atoms. The Kier molecular flexibility index (Phi) is 21.3. The van der Waals surface area contributed by atoms with Crippen molar-refractivity contribution in [2.45, 2.75) is 0 Å². The van der Waals surface area contributed by atoms with Crippen molar-refractivity contribution in [3.05, 3.63) is 0 Å². The molecule has 0 fully saturated rings. The zero-order valence-electron chi connectivity index (χ0n) is 4.11. The predicted molar refractivity (Wildman–Crippen MR) is 27.2 cm³/mol. The monoisotopic (exact) mass is 150 g/mol. The first-order valence-electron chi connectivity index (χ1n) is 0.894. The van der Waals surface area contributed by atoms with Crippen LogP contribution < -0.4 is 12.3 Å². The smallest absolute Gasteiger partial charge is 0.368 e. The second-order valence-corrected chi connectivity index (χ2v) is 1.80.